The van der Waals surface area contributed by atoms with Crippen LogP contribution in [0.4, 0.5) is 5.69 Å². The third-order valence-electron chi connectivity index (χ3n) is 8.20. The van der Waals surface area contributed by atoms with E-state index in [1.165, 1.54) is 0 Å². The Hall–Kier alpha value is -6.56. The second-order valence-electron chi connectivity index (χ2n) is 10.9. The normalized spacial score (nSPS) is 11.1. The summed E-state index contributed by atoms with van der Waals surface area (Å²) in [5.74, 6) is 0. The first-order valence-electron chi connectivity index (χ1n) is 14.5. The minimum Gasteiger partial charge on any atom is -0.456 e. The van der Waals surface area contributed by atoms with Crippen LogP contribution < -0.4 is 0 Å². The van der Waals surface area contributed by atoms with E-state index in [9.17, 15) is 5.26 Å². The highest BCUT2D eigenvalue weighted by molar-refractivity contribution is 6.22. The van der Waals surface area contributed by atoms with Crippen LogP contribution in [0.15, 0.2) is 138 Å². The fraction of sp³-hybridized carbons (Fsp3) is 0. The van der Waals surface area contributed by atoms with Gasteiger partial charge in [-0.15, -0.1) is 0 Å². The molecule has 45 heavy (non-hydrogen) atoms. The Balaban J connectivity index is 1.26. The number of benzene rings is 5. The van der Waals surface area contributed by atoms with Gasteiger partial charge >= 0.3 is 0 Å². The summed E-state index contributed by atoms with van der Waals surface area (Å²) in [6.45, 7) is 7.39. The van der Waals surface area contributed by atoms with E-state index >= 15 is 0 Å². The summed E-state index contributed by atoms with van der Waals surface area (Å²) >= 11 is 0. The molecule has 0 atom stereocenters. The van der Waals surface area contributed by atoms with Gasteiger partial charge in [-0.25, -0.2) is 4.85 Å². The van der Waals surface area contributed by atoms with E-state index in [4.69, 9.17) is 11.0 Å². The smallest absolute Gasteiger partial charge is 0.190 e. The maximum Gasteiger partial charge on any atom is 0.190 e. The van der Waals surface area contributed by atoms with Crippen molar-refractivity contribution in [2.75, 3.05) is 0 Å². The van der Waals surface area contributed by atoms with Gasteiger partial charge in [0, 0.05) is 28.7 Å². The van der Waals surface area contributed by atoms with Crippen LogP contribution in [0.3, 0.4) is 0 Å². The molecule has 0 amide bonds. The van der Waals surface area contributed by atoms with Crippen molar-refractivity contribution in [3.63, 3.8) is 0 Å². The number of pyridine rings is 2. The average Bonchev–Trinajstić information content (AvgIpc) is 3.49. The fourth-order valence-corrected chi connectivity index (χ4v) is 6.07. The number of hydrogen-bond donors (Lipinski definition) is 0. The zero-order valence-electron chi connectivity index (χ0n) is 23.9. The number of nitrogens with zero attached hydrogens (tertiary/aromatic N) is 4. The number of rotatable bonds is 4. The highest BCUT2D eigenvalue weighted by Gasteiger charge is 2.16. The molecule has 8 aromatic rings. The van der Waals surface area contributed by atoms with Gasteiger partial charge in [0.2, 0.25) is 0 Å². The second kappa shape index (κ2) is 10.6. The Labute approximate surface area is 259 Å². The minimum atomic E-state index is 0.565. The van der Waals surface area contributed by atoms with Crippen molar-refractivity contribution in [3.8, 4) is 50.8 Å². The lowest BCUT2D eigenvalue weighted by Crippen LogP contribution is -1.86. The average molecular weight is 575 g/mol. The Kier molecular flexibility index (Phi) is 6.16. The molecular formula is C40H22N4O. The molecule has 0 unspecified atom stereocenters. The molecule has 0 radical (unpaired) electrons. The molecule has 3 heterocycles. The zero-order chi connectivity index (χ0) is 30.3. The van der Waals surface area contributed by atoms with Crippen LogP contribution in [0, 0.1) is 17.9 Å². The van der Waals surface area contributed by atoms with Crippen molar-refractivity contribution in [1.29, 1.82) is 5.26 Å². The molecule has 0 fully saturated rings. The highest BCUT2D eigenvalue weighted by atomic mass is 16.3. The molecule has 0 aliphatic carbocycles. The quantitative estimate of drug-likeness (QED) is 0.196. The van der Waals surface area contributed by atoms with Crippen LogP contribution >= 0.6 is 0 Å². The summed E-state index contributed by atoms with van der Waals surface area (Å²) < 4.78 is 6.58. The summed E-state index contributed by atoms with van der Waals surface area (Å²) in [6.07, 6.45) is 3.35. The van der Waals surface area contributed by atoms with Crippen molar-refractivity contribution in [2.45, 2.75) is 0 Å². The third-order valence-corrected chi connectivity index (χ3v) is 8.20. The van der Waals surface area contributed by atoms with Gasteiger partial charge in [0.15, 0.2) is 5.69 Å². The van der Waals surface area contributed by atoms with Crippen LogP contribution in [0.2, 0.25) is 0 Å². The second-order valence-corrected chi connectivity index (χ2v) is 10.9. The van der Waals surface area contributed by atoms with Crippen LogP contribution in [0.5, 0.6) is 0 Å². The number of hydrogen-bond acceptors (Lipinski definition) is 4. The minimum absolute atomic E-state index is 0.565. The predicted octanol–water partition coefficient (Wildman–Crippen LogP) is 10.6. The van der Waals surface area contributed by atoms with E-state index in [-0.39, 0.29) is 0 Å². The molecule has 0 bridgehead atoms. The lowest BCUT2D eigenvalue weighted by molar-refractivity contribution is 0.669. The molecule has 0 aliphatic rings. The van der Waals surface area contributed by atoms with Crippen molar-refractivity contribution in [3.05, 3.63) is 151 Å². The summed E-state index contributed by atoms with van der Waals surface area (Å²) in [6, 6.07) is 42.6. The van der Waals surface area contributed by atoms with Crippen LogP contribution in [0.25, 0.3) is 82.3 Å². The molecule has 0 aliphatic heterocycles. The van der Waals surface area contributed by atoms with Crippen LogP contribution in [-0.4, -0.2) is 9.97 Å². The molecular weight excluding hydrogens is 552 g/mol. The SMILES string of the molecule is [C-]#[N+]c1ccnc(-c2cccc(-c3cc4oc5cc(-c6cccc(-c7cc(C#N)ccn7)c6)ccc5c4c4ccccc34)c2)c1. The molecule has 5 heteroatoms. The van der Waals surface area contributed by atoms with Gasteiger partial charge < -0.3 is 4.42 Å². The maximum absolute atomic E-state index is 9.33. The number of furan rings is 1. The Morgan fingerprint density at radius 2 is 1.27 bits per heavy atom. The van der Waals surface area contributed by atoms with Crippen molar-refractivity contribution >= 4 is 38.4 Å². The summed E-state index contributed by atoms with van der Waals surface area (Å²) in [7, 11) is 0. The molecule has 3 aromatic heterocycles. The van der Waals surface area contributed by atoms with E-state index < -0.39 is 0 Å². The van der Waals surface area contributed by atoms with Gasteiger partial charge in [-0.3, -0.25) is 9.97 Å². The third kappa shape index (κ3) is 4.57. The van der Waals surface area contributed by atoms with Gasteiger partial charge in [-0.05, 0) is 93.2 Å². The highest BCUT2D eigenvalue weighted by Crippen LogP contribution is 2.41. The Morgan fingerprint density at radius 1 is 0.578 bits per heavy atom. The van der Waals surface area contributed by atoms with Gasteiger partial charge in [0.1, 0.15) is 11.2 Å². The zero-order valence-corrected chi connectivity index (χ0v) is 23.9. The first-order valence-corrected chi connectivity index (χ1v) is 14.5. The number of nitriles is 1. The lowest BCUT2D eigenvalue weighted by atomic mass is 9.93. The van der Waals surface area contributed by atoms with Gasteiger partial charge in [-0.2, -0.15) is 5.26 Å². The molecule has 5 nitrogen and oxygen atoms in total. The lowest BCUT2D eigenvalue weighted by Gasteiger charge is -2.10. The van der Waals surface area contributed by atoms with Gasteiger partial charge in [0.05, 0.1) is 29.6 Å². The molecule has 0 N–H and O–H groups in total. The predicted molar refractivity (Wildman–Crippen MR) is 180 cm³/mol. The molecule has 208 valence electrons. The first kappa shape index (κ1) is 26.1. The van der Waals surface area contributed by atoms with E-state index in [0.717, 1.165) is 77.5 Å². The summed E-state index contributed by atoms with van der Waals surface area (Å²) in [5.41, 5.74) is 10.4. The fourth-order valence-electron chi connectivity index (χ4n) is 6.07. The monoisotopic (exact) mass is 574 g/mol. The maximum atomic E-state index is 9.33. The van der Waals surface area contributed by atoms with Crippen molar-refractivity contribution in [2.24, 2.45) is 0 Å². The molecule has 5 aromatic carbocycles. The van der Waals surface area contributed by atoms with E-state index in [2.05, 4.69) is 93.7 Å². The Morgan fingerprint density at radius 3 is 2.07 bits per heavy atom. The molecule has 0 saturated heterocycles. The van der Waals surface area contributed by atoms with Crippen LogP contribution in [0.1, 0.15) is 5.56 Å². The molecule has 0 spiro atoms. The Bertz CT molecular complexity index is 2530. The standard InChI is InChI=1S/C40H22N4O/c1-42-31-15-17-44-37(22-31)30-9-5-7-28(20-30)35-23-39-40(33-11-3-2-10-32(33)35)34-13-12-27(21-38(34)45-39)26-6-4-8-29(19-26)36-18-25(24-41)14-16-43-36/h2-23H. The largest absolute Gasteiger partial charge is 0.456 e. The molecule has 8 rings (SSSR count). The van der Waals surface area contributed by atoms with E-state index in [0.29, 0.717) is 11.3 Å². The van der Waals surface area contributed by atoms with Crippen molar-refractivity contribution in [1.82, 2.24) is 9.97 Å². The topological polar surface area (TPSA) is 67.1 Å². The van der Waals surface area contributed by atoms with Crippen molar-refractivity contribution < 1.29 is 4.42 Å². The summed E-state index contributed by atoms with van der Waals surface area (Å²) in [5, 5.41) is 13.7. The van der Waals surface area contributed by atoms with E-state index in [1.54, 1.807) is 30.6 Å². The summed E-state index contributed by atoms with van der Waals surface area (Å²) in [4.78, 5) is 12.6. The van der Waals surface area contributed by atoms with Crippen LogP contribution in [-0.2, 0) is 0 Å². The molecule has 0 saturated carbocycles. The number of aromatic nitrogens is 2. The van der Waals surface area contributed by atoms with Gasteiger partial charge in [-0.1, -0.05) is 66.7 Å². The van der Waals surface area contributed by atoms with Gasteiger partial charge in [0.25, 0.3) is 0 Å². The number of fused-ring (bicyclic) bond motifs is 5. The first-order chi connectivity index (χ1) is 22.2. The van der Waals surface area contributed by atoms with E-state index in [1.807, 2.05) is 30.3 Å².